The number of hydrogen-bond acceptors (Lipinski definition) is 2. The third-order valence-electron chi connectivity index (χ3n) is 1.97. The molecule has 0 saturated heterocycles. The van der Waals surface area contributed by atoms with Gasteiger partial charge in [0.25, 0.3) is 0 Å². The van der Waals surface area contributed by atoms with Crippen molar-refractivity contribution in [3.63, 3.8) is 0 Å². The molecule has 12 heavy (non-hydrogen) atoms. The fraction of sp³-hybridized carbons (Fsp3) is 0.700. The Bertz CT molecular complexity index is 173. The molecular formula is C10H16O2. The number of carbonyl (C=O) groups excluding carboxylic acids is 1. The molecule has 1 aliphatic rings. The predicted octanol–water partition coefficient (Wildman–Crippen LogP) is 2.30. The Morgan fingerprint density at radius 3 is 3.17 bits per heavy atom. The molecule has 68 valence electrons. The molecule has 0 aromatic rings. The van der Waals surface area contributed by atoms with E-state index in [1.807, 2.05) is 0 Å². The minimum absolute atomic E-state index is 0.0443. The second-order valence-corrected chi connectivity index (χ2v) is 3.33. The Hall–Kier alpha value is -0.790. The predicted molar refractivity (Wildman–Crippen MR) is 47.7 cm³/mol. The lowest BCUT2D eigenvalue weighted by molar-refractivity contribution is -0.144. The maximum Gasteiger partial charge on any atom is 0.305 e. The summed E-state index contributed by atoms with van der Waals surface area (Å²) in [6, 6.07) is 0. The Labute approximate surface area is 73.6 Å². The van der Waals surface area contributed by atoms with Gasteiger partial charge in [0.1, 0.15) is 0 Å². The van der Waals surface area contributed by atoms with Crippen LogP contribution in [0.15, 0.2) is 12.2 Å². The van der Waals surface area contributed by atoms with Crippen molar-refractivity contribution in [3.8, 4) is 0 Å². The van der Waals surface area contributed by atoms with Crippen LogP contribution in [0.1, 0.15) is 32.6 Å². The highest BCUT2D eigenvalue weighted by Gasteiger charge is 2.06. The van der Waals surface area contributed by atoms with Crippen molar-refractivity contribution in [1.29, 1.82) is 0 Å². The normalized spacial score (nSPS) is 29.1. The van der Waals surface area contributed by atoms with Crippen molar-refractivity contribution in [3.05, 3.63) is 12.2 Å². The van der Waals surface area contributed by atoms with E-state index >= 15 is 0 Å². The van der Waals surface area contributed by atoms with Crippen molar-refractivity contribution in [2.24, 2.45) is 5.92 Å². The molecule has 1 atom stereocenters. The maximum atomic E-state index is 11.0. The van der Waals surface area contributed by atoms with E-state index in [4.69, 9.17) is 4.74 Å². The molecular weight excluding hydrogens is 152 g/mol. The summed E-state index contributed by atoms with van der Waals surface area (Å²) in [6.07, 6.45) is 8.04. The molecule has 0 radical (unpaired) electrons. The minimum Gasteiger partial charge on any atom is -0.465 e. The van der Waals surface area contributed by atoms with E-state index in [0.29, 0.717) is 18.9 Å². The highest BCUT2D eigenvalue weighted by molar-refractivity contribution is 5.69. The first-order valence-electron chi connectivity index (χ1n) is 4.61. The minimum atomic E-state index is -0.0443. The lowest BCUT2D eigenvalue weighted by atomic mass is 10.1. The molecule has 0 amide bonds. The second-order valence-electron chi connectivity index (χ2n) is 3.33. The summed E-state index contributed by atoms with van der Waals surface area (Å²) in [7, 11) is 0. The third-order valence-corrected chi connectivity index (χ3v) is 1.97. The van der Waals surface area contributed by atoms with Crippen molar-refractivity contribution in [1.82, 2.24) is 0 Å². The summed E-state index contributed by atoms with van der Waals surface area (Å²) >= 11 is 0. The number of hydrogen-bond donors (Lipinski definition) is 0. The van der Waals surface area contributed by atoms with Crippen LogP contribution in [-0.2, 0) is 9.53 Å². The molecule has 1 rings (SSSR count). The van der Waals surface area contributed by atoms with E-state index in [9.17, 15) is 4.79 Å². The largest absolute Gasteiger partial charge is 0.465 e. The highest BCUT2D eigenvalue weighted by atomic mass is 16.5. The van der Waals surface area contributed by atoms with Crippen molar-refractivity contribution in [2.45, 2.75) is 32.6 Å². The van der Waals surface area contributed by atoms with E-state index in [-0.39, 0.29) is 5.97 Å². The summed E-state index contributed by atoms with van der Waals surface area (Å²) in [6.45, 7) is 2.60. The SMILES string of the molecule is C[C@@H]1/C=C/CCCCC(=O)OC1. The average Bonchev–Trinajstić information content (AvgIpc) is 2.07. The molecule has 0 saturated carbocycles. The van der Waals surface area contributed by atoms with Crippen LogP contribution >= 0.6 is 0 Å². The van der Waals surface area contributed by atoms with Crippen molar-refractivity contribution < 1.29 is 9.53 Å². The van der Waals surface area contributed by atoms with Crippen LogP contribution in [0.3, 0.4) is 0 Å². The van der Waals surface area contributed by atoms with Gasteiger partial charge in [-0.2, -0.15) is 0 Å². The number of esters is 1. The first-order chi connectivity index (χ1) is 5.79. The van der Waals surface area contributed by atoms with Gasteiger partial charge < -0.3 is 4.74 Å². The van der Waals surface area contributed by atoms with E-state index in [1.54, 1.807) is 0 Å². The van der Waals surface area contributed by atoms with Gasteiger partial charge in [-0.05, 0) is 19.3 Å². The van der Waals surface area contributed by atoms with E-state index < -0.39 is 0 Å². The van der Waals surface area contributed by atoms with Gasteiger partial charge in [0.05, 0.1) is 6.61 Å². The number of carbonyl (C=O) groups is 1. The first kappa shape index (κ1) is 9.30. The standard InChI is InChI=1S/C10H16O2/c1-9-6-4-2-3-5-7-10(11)12-8-9/h4,6,9H,2-3,5,7-8H2,1H3/b6-4+/t9-/m1/s1. The summed E-state index contributed by atoms with van der Waals surface area (Å²) in [5.41, 5.74) is 0. The van der Waals surface area contributed by atoms with Crippen LogP contribution in [0, 0.1) is 5.92 Å². The Morgan fingerprint density at radius 2 is 2.33 bits per heavy atom. The summed E-state index contributed by atoms with van der Waals surface area (Å²) in [5.74, 6) is 0.323. The molecule has 0 aliphatic carbocycles. The Morgan fingerprint density at radius 1 is 1.50 bits per heavy atom. The van der Waals surface area contributed by atoms with Crippen molar-refractivity contribution >= 4 is 5.97 Å². The molecule has 0 spiro atoms. The van der Waals surface area contributed by atoms with Crippen LogP contribution in [0.25, 0.3) is 0 Å². The van der Waals surface area contributed by atoms with E-state index in [0.717, 1.165) is 19.3 Å². The summed E-state index contributed by atoms with van der Waals surface area (Å²) in [5, 5.41) is 0. The quantitative estimate of drug-likeness (QED) is 0.410. The first-order valence-corrected chi connectivity index (χ1v) is 4.61. The number of cyclic esters (lactones) is 1. The van der Waals surface area contributed by atoms with Crippen LogP contribution in [-0.4, -0.2) is 12.6 Å². The molecule has 0 fully saturated rings. The van der Waals surface area contributed by atoms with Gasteiger partial charge in [-0.15, -0.1) is 0 Å². The monoisotopic (exact) mass is 168 g/mol. The van der Waals surface area contributed by atoms with Crippen LogP contribution in [0.5, 0.6) is 0 Å². The molecule has 2 nitrogen and oxygen atoms in total. The highest BCUT2D eigenvalue weighted by Crippen LogP contribution is 2.08. The maximum absolute atomic E-state index is 11.0. The van der Waals surface area contributed by atoms with Gasteiger partial charge in [-0.3, -0.25) is 4.79 Å². The van der Waals surface area contributed by atoms with Gasteiger partial charge >= 0.3 is 5.97 Å². The number of allylic oxidation sites excluding steroid dienone is 1. The third kappa shape index (κ3) is 3.56. The Balaban J connectivity index is 2.40. The second kappa shape index (κ2) is 4.96. The lowest BCUT2D eigenvalue weighted by Gasteiger charge is -2.09. The molecule has 0 aromatic heterocycles. The molecule has 2 heteroatoms. The zero-order valence-electron chi connectivity index (χ0n) is 7.58. The molecule has 0 N–H and O–H groups in total. The van der Waals surface area contributed by atoms with E-state index in [2.05, 4.69) is 19.1 Å². The van der Waals surface area contributed by atoms with Gasteiger partial charge in [0.2, 0.25) is 0 Å². The Kier molecular flexibility index (Phi) is 3.85. The van der Waals surface area contributed by atoms with Gasteiger partial charge in [0.15, 0.2) is 0 Å². The molecule has 0 aromatic carbocycles. The topological polar surface area (TPSA) is 26.3 Å². The molecule has 0 bridgehead atoms. The van der Waals surface area contributed by atoms with E-state index in [1.165, 1.54) is 0 Å². The lowest BCUT2D eigenvalue weighted by Crippen LogP contribution is -2.11. The number of ether oxygens (including phenoxy) is 1. The smallest absolute Gasteiger partial charge is 0.305 e. The fourth-order valence-corrected chi connectivity index (χ4v) is 1.21. The van der Waals surface area contributed by atoms with Crippen LogP contribution in [0.2, 0.25) is 0 Å². The zero-order chi connectivity index (χ0) is 8.81. The number of rotatable bonds is 0. The summed E-state index contributed by atoms with van der Waals surface area (Å²) in [4.78, 5) is 11.0. The zero-order valence-corrected chi connectivity index (χ0v) is 7.58. The van der Waals surface area contributed by atoms with Gasteiger partial charge in [-0.1, -0.05) is 19.1 Å². The van der Waals surface area contributed by atoms with Gasteiger partial charge in [0, 0.05) is 12.3 Å². The van der Waals surface area contributed by atoms with Crippen molar-refractivity contribution in [2.75, 3.05) is 6.61 Å². The van der Waals surface area contributed by atoms with Gasteiger partial charge in [-0.25, -0.2) is 0 Å². The van der Waals surface area contributed by atoms with Crippen LogP contribution < -0.4 is 0 Å². The average molecular weight is 168 g/mol. The molecule has 1 heterocycles. The molecule has 1 aliphatic heterocycles. The summed E-state index contributed by atoms with van der Waals surface area (Å²) < 4.78 is 5.04. The molecule has 0 unspecified atom stereocenters. The fourth-order valence-electron chi connectivity index (χ4n) is 1.21. The van der Waals surface area contributed by atoms with Crippen LogP contribution in [0.4, 0.5) is 0 Å².